The highest BCUT2D eigenvalue weighted by Crippen LogP contribution is 2.37. The van der Waals surface area contributed by atoms with Gasteiger partial charge in [0.25, 0.3) is 0 Å². The first-order chi connectivity index (χ1) is 9.29. The van der Waals surface area contributed by atoms with Crippen LogP contribution >= 0.6 is 67.8 Å². The van der Waals surface area contributed by atoms with Gasteiger partial charge in [-0.25, -0.2) is 0 Å². The van der Waals surface area contributed by atoms with E-state index in [-0.39, 0.29) is 5.91 Å². The van der Waals surface area contributed by atoms with Crippen LogP contribution in [0.1, 0.15) is 38.2 Å². The van der Waals surface area contributed by atoms with E-state index in [0.29, 0.717) is 12.1 Å². The van der Waals surface area contributed by atoms with Crippen molar-refractivity contribution < 1.29 is 14.7 Å². The van der Waals surface area contributed by atoms with E-state index in [1.54, 1.807) is 0 Å². The van der Waals surface area contributed by atoms with E-state index in [1.165, 1.54) is 6.92 Å². The number of halogens is 3. The molecule has 4 nitrogen and oxygen atoms in total. The number of hydrogen-bond donors (Lipinski definition) is 2. The van der Waals surface area contributed by atoms with Crippen LogP contribution in [0, 0.1) is 10.7 Å². The van der Waals surface area contributed by atoms with Crippen molar-refractivity contribution in [3.8, 4) is 0 Å². The average Bonchev–Trinajstić information content (AvgIpc) is 2.32. The van der Waals surface area contributed by atoms with E-state index >= 15 is 0 Å². The lowest BCUT2D eigenvalue weighted by atomic mass is 9.94. The normalized spacial score (nSPS) is 12.1. The Kier molecular flexibility index (Phi) is 7.46. The molecule has 2 N–H and O–H groups in total. The minimum Gasteiger partial charge on any atom is -0.481 e. The number of anilines is 1. The molecule has 1 rings (SSSR count). The van der Waals surface area contributed by atoms with Gasteiger partial charge >= 0.3 is 5.97 Å². The molecule has 0 unspecified atom stereocenters. The molecular formula is C13H14I3NO3. The zero-order chi connectivity index (χ0) is 15.4. The van der Waals surface area contributed by atoms with Gasteiger partial charge in [0.2, 0.25) is 5.91 Å². The van der Waals surface area contributed by atoms with Gasteiger partial charge in [-0.1, -0.05) is 13.3 Å². The Hall–Kier alpha value is 0.350. The molecule has 0 aromatic heterocycles. The van der Waals surface area contributed by atoms with Crippen LogP contribution in [0.15, 0.2) is 6.07 Å². The standard InChI is InChI=1S/C13H14I3NO3/c1-3-4-7(13(19)20)10-8(14)5-9(15)12(11(10)16)17-6(2)18/h5,7H,3-4H2,1-2H3,(H,17,18)(H,19,20)/t7-/m1/s1. The van der Waals surface area contributed by atoms with Gasteiger partial charge in [-0.05, 0) is 85.8 Å². The first-order valence-corrected chi connectivity index (χ1v) is 9.21. The van der Waals surface area contributed by atoms with Crippen LogP contribution in [0.4, 0.5) is 5.69 Å². The Bertz CT molecular complexity index is 546. The smallest absolute Gasteiger partial charge is 0.311 e. The van der Waals surface area contributed by atoms with Crippen LogP contribution < -0.4 is 5.32 Å². The summed E-state index contributed by atoms with van der Waals surface area (Å²) in [5, 5.41) is 12.2. The monoisotopic (exact) mass is 613 g/mol. The molecule has 1 atom stereocenters. The summed E-state index contributed by atoms with van der Waals surface area (Å²) < 4.78 is 2.65. The molecule has 0 aliphatic rings. The summed E-state index contributed by atoms with van der Waals surface area (Å²) in [4.78, 5) is 22.8. The second kappa shape index (κ2) is 8.11. The van der Waals surface area contributed by atoms with Crippen LogP contribution in [0.5, 0.6) is 0 Å². The number of amides is 1. The third kappa shape index (κ3) is 4.42. The number of benzene rings is 1. The lowest BCUT2D eigenvalue weighted by Crippen LogP contribution is -2.17. The summed E-state index contributed by atoms with van der Waals surface area (Å²) in [5.74, 6) is -1.52. The van der Waals surface area contributed by atoms with Gasteiger partial charge in [-0.3, -0.25) is 9.59 Å². The highest BCUT2D eigenvalue weighted by atomic mass is 127. The Labute approximate surface area is 158 Å². The molecule has 0 aliphatic heterocycles. The molecular weight excluding hydrogens is 599 g/mol. The number of carboxylic acids is 1. The summed E-state index contributed by atoms with van der Waals surface area (Å²) >= 11 is 6.44. The van der Waals surface area contributed by atoms with Crippen molar-refractivity contribution >= 4 is 85.3 Å². The number of rotatable bonds is 5. The summed E-state index contributed by atoms with van der Waals surface area (Å²) in [6.45, 7) is 3.42. The van der Waals surface area contributed by atoms with Crippen LogP contribution in [0.2, 0.25) is 0 Å². The Morgan fingerprint density at radius 1 is 1.30 bits per heavy atom. The minimum atomic E-state index is -0.822. The molecule has 7 heteroatoms. The molecule has 1 aromatic carbocycles. The fourth-order valence-electron chi connectivity index (χ4n) is 1.90. The molecule has 0 aliphatic carbocycles. The van der Waals surface area contributed by atoms with Crippen LogP contribution in [0.3, 0.4) is 0 Å². The first kappa shape index (κ1) is 18.4. The van der Waals surface area contributed by atoms with E-state index < -0.39 is 11.9 Å². The van der Waals surface area contributed by atoms with Gasteiger partial charge in [0, 0.05) is 17.6 Å². The van der Waals surface area contributed by atoms with Crippen molar-refractivity contribution in [2.75, 3.05) is 5.32 Å². The van der Waals surface area contributed by atoms with E-state index in [9.17, 15) is 14.7 Å². The third-order valence-corrected chi connectivity index (χ3v) is 5.59. The van der Waals surface area contributed by atoms with Crippen molar-refractivity contribution in [1.82, 2.24) is 0 Å². The predicted octanol–water partition coefficient (Wildman–Crippen LogP) is 4.43. The summed E-state index contributed by atoms with van der Waals surface area (Å²) in [6, 6.07) is 1.91. The summed E-state index contributed by atoms with van der Waals surface area (Å²) in [7, 11) is 0. The maximum Gasteiger partial charge on any atom is 0.311 e. The SMILES string of the molecule is CCC[C@@H](C(=O)O)c1c(I)cc(I)c(NC(C)=O)c1I. The molecule has 110 valence electrons. The van der Waals surface area contributed by atoms with E-state index in [0.717, 1.165) is 22.7 Å². The number of nitrogens with one attached hydrogen (secondary N) is 1. The topological polar surface area (TPSA) is 66.4 Å². The van der Waals surface area contributed by atoms with E-state index in [4.69, 9.17) is 0 Å². The van der Waals surface area contributed by atoms with E-state index in [1.807, 2.05) is 13.0 Å². The molecule has 0 fully saturated rings. The lowest BCUT2D eigenvalue weighted by molar-refractivity contribution is -0.139. The van der Waals surface area contributed by atoms with Crippen LogP contribution in [0.25, 0.3) is 0 Å². The number of carbonyl (C=O) groups is 2. The van der Waals surface area contributed by atoms with Crippen molar-refractivity contribution in [2.45, 2.75) is 32.6 Å². The number of carboxylic acid groups (broad SMARTS) is 1. The van der Waals surface area contributed by atoms with Crippen molar-refractivity contribution in [3.05, 3.63) is 22.3 Å². The molecule has 0 radical (unpaired) electrons. The van der Waals surface area contributed by atoms with Crippen LogP contribution in [-0.4, -0.2) is 17.0 Å². The fourth-order valence-corrected chi connectivity index (χ4v) is 6.29. The number of hydrogen-bond acceptors (Lipinski definition) is 2. The van der Waals surface area contributed by atoms with Gasteiger partial charge in [-0.15, -0.1) is 0 Å². The molecule has 0 saturated carbocycles. The average molecular weight is 613 g/mol. The zero-order valence-corrected chi connectivity index (χ0v) is 17.4. The highest BCUT2D eigenvalue weighted by molar-refractivity contribution is 14.1. The van der Waals surface area contributed by atoms with Crippen molar-refractivity contribution in [1.29, 1.82) is 0 Å². The fraction of sp³-hybridized carbons (Fsp3) is 0.385. The quantitative estimate of drug-likeness (QED) is 0.484. The van der Waals surface area contributed by atoms with E-state index in [2.05, 4.69) is 73.1 Å². The van der Waals surface area contributed by atoms with Gasteiger partial charge in [0.15, 0.2) is 0 Å². The summed E-state index contributed by atoms with van der Waals surface area (Å²) in [6.07, 6.45) is 1.38. The molecule has 0 bridgehead atoms. The van der Waals surface area contributed by atoms with Gasteiger partial charge in [0.1, 0.15) is 0 Å². The third-order valence-electron chi connectivity index (χ3n) is 2.73. The molecule has 0 saturated heterocycles. The largest absolute Gasteiger partial charge is 0.481 e. The minimum absolute atomic E-state index is 0.157. The highest BCUT2D eigenvalue weighted by Gasteiger charge is 2.26. The Morgan fingerprint density at radius 3 is 2.35 bits per heavy atom. The zero-order valence-electron chi connectivity index (χ0n) is 11.0. The molecule has 1 amide bonds. The predicted molar refractivity (Wildman–Crippen MR) is 104 cm³/mol. The molecule has 0 heterocycles. The lowest BCUT2D eigenvalue weighted by Gasteiger charge is -2.19. The number of aliphatic carboxylic acids is 1. The molecule has 1 aromatic rings. The van der Waals surface area contributed by atoms with Crippen molar-refractivity contribution in [2.24, 2.45) is 0 Å². The second-order valence-corrected chi connectivity index (χ2v) is 7.71. The van der Waals surface area contributed by atoms with Gasteiger partial charge < -0.3 is 10.4 Å². The molecule has 20 heavy (non-hydrogen) atoms. The number of carbonyl (C=O) groups excluding carboxylic acids is 1. The van der Waals surface area contributed by atoms with Crippen molar-refractivity contribution in [3.63, 3.8) is 0 Å². The van der Waals surface area contributed by atoms with Gasteiger partial charge in [0.05, 0.1) is 11.6 Å². The van der Waals surface area contributed by atoms with Gasteiger partial charge in [-0.2, -0.15) is 0 Å². The summed E-state index contributed by atoms with van der Waals surface area (Å²) in [5.41, 5.74) is 1.50. The molecule has 0 spiro atoms. The maximum atomic E-state index is 11.5. The Morgan fingerprint density at radius 2 is 1.90 bits per heavy atom. The second-order valence-electron chi connectivity index (χ2n) is 4.30. The maximum absolute atomic E-state index is 11.5. The Balaban J connectivity index is 3.45. The first-order valence-electron chi connectivity index (χ1n) is 5.97. The van der Waals surface area contributed by atoms with Crippen LogP contribution in [-0.2, 0) is 9.59 Å².